The van der Waals surface area contributed by atoms with E-state index >= 15 is 0 Å². The Morgan fingerprint density at radius 1 is 1.56 bits per heavy atom. The minimum atomic E-state index is -0.319. The van der Waals surface area contributed by atoms with Gasteiger partial charge >= 0.3 is 0 Å². The monoisotopic (exact) mass is 250 g/mol. The van der Waals surface area contributed by atoms with Crippen LogP contribution in [0.25, 0.3) is 0 Å². The first-order valence-electron chi connectivity index (χ1n) is 6.22. The van der Waals surface area contributed by atoms with E-state index in [1.54, 1.807) is 13.0 Å². The number of morpholine rings is 1. The number of rotatable bonds is 4. The Morgan fingerprint density at radius 2 is 2.39 bits per heavy atom. The summed E-state index contributed by atoms with van der Waals surface area (Å²) in [5.74, 6) is 0. The lowest BCUT2D eigenvalue weighted by Crippen LogP contribution is -2.41. The molecule has 0 saturated carbocycles. The van der Waals surface area contributed by atoms with Gasteiger partial charge in [0, 0.05) is 24.2 Å². The van der Waals surface area contributed by atoms with Gasteiger partial charge in [-0.15, -0.1) is 0 Å². The van der Waals surface area contributed by atoms with Crippen molar-refractivity contribution in [3.63, 3.8) is 0 Å². The highest BCUT2D eigenvalue weighted by Gasteiger charge is 2.14. The third-order valence-corrected chi connectivity index (χ3v) is 3.25. The maximum absolute atomic E-state index is 10.9. The Kier molecular flexibility index (Phi) is 4.28. The summed E-state index contributed by atoms with van der Waals surface area (Å²) in [6, 6.07) is 5.82. The van der Waals surface area contributed by atoms with E-state index in [9.17, 15) is 10.1 Å². The van der Waals surface area contributed by atoms with Crippen LogP contribution < -0.4 is 5.32 Å². The van der Waals surface area contributed by atoms with E-state index in [2.05, 4.69) is 5.32 Å². The van der Waals surface area contributed by atoms with Crippen molar-refractivity contribution in [2.45, 2.75) is 25.8 Å². The molecule has 5 heteroatoms. The molecule has 1 atom stereocenters. The molecule has 0 spiro atoms. The molecule has 1 heterocycles. The molecule has 0 aromatic heterocycles. The molecule has 1 aromatic carbocycles. The van der Waals surface area contributed by atoms with Crippen LogP contribution in [0.2, 0.25) is 0 Å². The SMILES string of the molecule is Cc1ccc(CCC2COCCN2)cc1[N+](=O)[O-]. The highest BCUT2D eigenvalue weighted by Crippen LogP contribution is 2.20. The zero-order chi connectivity index (χ0) is 13.0. The first kappa shape index (κ1) is 13.0. The summed E-state index contributed by atoms with van der Waals surface area (Å²) in [5.41, 5.74) is 1.93. The third kappa shape index (κ3) is 3.27. The van der Waals surface area contributed by atoms with Gasteiger partial charge in [0.2, 0.25) is 0 Å². The number of hydrogen-bond donors (Lipinski definition) is 1. The molecule has 0 aliphatic carbocycles. The molecule has 1 N–H and O–H groups in total. The Bertz CT molecular complexity index is 428. The molecule has 98 valence electrons. The maximum atomic E-state index is 10.9. The molecule has 1 unspecified atom stereocenters. The summed E-state index contributed by atoms with van der Waals surface area (Å²) in [7, 11) is 0. The van der Waals surface area contributed by atoms with Crippen LogP contribution in [0.15, 0.2) is 18.2 Å². The molecule has 1 aromatic rings. The second-order valence-electron chi connectivity index (χ2n) is 4.64. The lowest BCUT2D eigenvalue weighted by Gasteiger charge is -2.23. The summed E-state index contributed by atoms with van der Waals surface area (Å²) in [6.45, 7) is 4.15. The number of aryl methyl sites for hydroxylation is 2. The summed E-state index contributed by atoms with van der Waals surface area (Å²) in [4.78, 5) is 10.5. The van der Waals surface area contributed by atoms with Crippen LogP contribution >= 0.6 is 0 Å². The largest absolute Gasteiger partial charge is 0.379 e. The van der Waals surface area contributed by atoms with Gasteiger partial charge < -0.3 is 10.1 Å². The van der Waals surface area contributed by atoms with Crippen LogP contribution in [0.3, 0.4) is 0 Å². The van der Waals surface area contributed by atoms with Crippen LogP contribution in [-0.4, -0.2) is 30.7 Å². The smallest absolute Gasteiger partial charge is 0.272 e. The molecule has 18 heavy (non-hydrogen) atoms. The van der Waals surface area contributed by atoms with Gasteiger partial charge in [0.15, 0.2) is 0 Å². The van der Waals surface area contributed by atoms with Crippen molar-refractivity contribution in [3.8, 4) is 0 Å². The number of benzene rings is 1. The molecule has 0 amide bonds. The van der Waals surface area contributed by atoms with Gasteiger partial charge in [-0.05, 0) is 25.3 Å². The van der Waals surface area contributed by atoms with Crippen LogP contribution in [0, 0.1) is 17.0 Å². The molecule has 1 aliphatic rings. The minimum Gasteiger partial charge on any atom is -0.379 e. The Labute approximate surface area is 106 Å². The zero-order valence-electron chi connectivity index (χ0n) is 10.5. The first-order chi connectivity index (χ1) is 8.66. The third-order valence-electron chi connectivity index (χ3n) is 3.25. The van der Waals surface area contributed by atoms with Gasteiger partial charge in [0.1, 0.15) is 0 Å². The molecular weight excluding hydrogens is 232 g/mol. The van der Waals surface area contributed by atoms with E-state index in [-0.39, 0.29) is 10.6 Å². The van der Waals surface area contributed by atoms with E-state index < -0.39 is 0 Å². The van der Waals surface area contributed by atoms with Crippen LogP contribution in [0.5, 0.6) is 0 Å². The van der Waals surface area contributed by atoms with Crippen molar-refractivity contribution in [2.24, 2.45) is 0 Å². The zero-order valence-corrected chi connectivity index (χ0v) is 10.5. The predicted octanol–water partition coefficient (Wildman–Crippen LogP) is 1.82. The predicted molar refractivity (Wildman–Crippen MR) is 68.8 cm³/mol. The van der Waals surface area contributed by atoms with E-state index in [1.165, 1.54) is 0 Å². The van der Waals surface area contributed by atoms with Crippen molar-refractivity contribution in [2.75, 3.05) is 19.8 Å². The molecular formula is C13H18N2O3. The van der Waals surface area contributed by atoms with Crippen molar-refractivity contribution in [1.82, 2.24) is 5.32 Å². The summed E-state index contributed by atoms with van der Waals surface area (Å²) in [6.07, 6.45) is 1.78. The number of nitro benzene ring substituents is 1. The average molecular weight is 250 g/mol. The molecule has 1 saturated heterocycles. The fraction of sp³-hybridized carbons (Fsp3) is 0.538. The van der Waals surface area contributed by atoms with Crippen molar-refractivity contribution >= 4 is 5.69 Å². The van der Waals surface area contributed by atoms with Gasteiger partial charge in [0.05, 0.1) is 18.1 Å². The second-order valence-corrected chi connectivity index (χ2v) is 4.64. The lowest BCUT2D eigenvalue weighted by molar-refractivity contribution is -0.385. The highest BCUT2D eigenvalue weighted by atomic mass is 16.6. The number of hydrogen-bond acceptors (Lipinski definition) is 4. The first-order valence-corrected chi connectivity index (χ1v) is 6.22. The van der Waals surface area contributed by atoms with Crippen LogP contribution in [-0.2, 0) is 11.2 Å². The van der Waals surface area contributed by atoms with E-state index in [0.29, 0.717) is 11.6 Å². The fourth-order valence-electron chi connectivity index (χ4n) is 2.15. The fourth-order valence-corrected chi connectivity index (χ4v) is 2.15. The molecule has 0 radical (unpaired) electrons. The summed E-state index contributed by atoms with van der Waals surface area (Å²) >= 11 is 0. The van der Waals surface area contributed by atoms with Crippen molar-refractivity contribution in [1.29, 1.82) is 0 Å². The quantitative estimate of drug-likeness (QED) is 0.654. The van der Waals surface area contributed by atoms with Gasteiger partial charge in [-0.1, -0.05) is 12.1 Å². The molecule has 0 bridgehead atoms. The van der Waals surface area contributed by atoms with E-state index in [4.69, 9.17) is 4.74 Å². The standard InChI is InChI=1S/C13H18N2O3/c1-10-2-3-11(8-13(10)15(16)17)4-5-12-9-18-7-6-14-12/h2-3,8,12,14H,4-7,9H2,1H3. The average Bonchev–Trinajstić information content (AvgIpc) is 2.38. The van der Waals surface area contributed by atoms with Gasteiger partial charge in [0.25, 0.3) is 5.69 Å². The maximum Gasteiger partial charge on any atom is 0.272 e. The molecule has 1 fully saturated rings. The van der Waals surface area contributed by atoms with Crippen molar-refractivity contribution < 1.29 is 9.66 Å². The number of nitrogens with zero attached hydrogens (tertiary/aromatic N) is 1. The number of nitro groups is 1. The summed E-state index contributed by atoms with van der Waals surface area (Å²) < 4.78 is 5.38. The normalized spacial score (nSPS) is 19.7. The van der Waals surface area contributed by atoms with E-state index in [0.717, 1.165) is 38.2 Å². The van der Waals surface area contributed by atoms with Gasteiger partial charge in [-0.25, -0.2) is 0 Å². The summed E-state index contributed by atoms with van der Waals surface area (Å²) in [5, 5.41) is 14.2. The van der Waals surface area contributed by atoms with Crippen LogP contribution in [0.4, 0.5) is 5.69 Å². The molecule has 2 rings (SSSR count). The highest BCUT2D eigenvalue weighted by molar-refractivity contribution is 5.42. The van der Waals surface area contributed by atoms with E-state index in [1.807, 2.05) is 12.1 Å². The Morgan fingerprint density at radius 3 is 3.06 bits per heavy atom. The minimum absolute atomic E-state index is 0.209. The Balaban J connectivity index is 1.96. The van der Waals surface area contributed by atoms with Crippen LogP contribution in [0.1, 0.15) is 17.5 Å². The number of ether oxygens (including phenoxy) is 1. The Hall–Kier alpha value is -1.46. The topological polar surface area (TPSA) is 64.4 Å². The molecule has 5 nitrogen and oxygen atoms in total. The van der Waals surface area contributed by atoms with Crippen molar-refractivity contribution in [3.05, 3.63) is 39.4 Å². The lowest BCUT2D eigenvalue weighted by atomic mass is 10.0. The van der Waals surface area contributed by atoms with Gasteiger partial charge in [-0.3, -0.25) is 10.1 Å². The van der Waals surface area contributed by atoms with Gasteiger partial charge in [-0.2, -0.15) is 0 Å². The number of nitrogens with one attached hydrogen (secondary N) is 1. The molecule has 1 aliphatic heterocycles. The second kappa shape index (κ2) is 5.93.